The molecule has 0 aliphatic heterocycles. The van der Waals surface area contributed by atoms with Gasteiger partial charge in [0.25, 0.3) is 0 Å². The number of carbonyl (C=O) groups excluding carboxylic acids is 1. The fourth-order valence-corrected chi connectivity index (χ4v) is 4.68. The fourth-order valence-electron chi connectivity index (χ4n) is 4.68. The average molecular weight is 492 g/mol. The lowest BCUT2D eigenvalue weighted by Gasteiger charge is -2.29. The minimum absolute atomic E-state index is 0.0480. The first-order chi connectivity index (χ1) is 16.7. The number of hydrogen-bond acceptors (Lipinski definition) is 6. The molecule has 7 nitrogen and oxygen atoms in total. The van der Waals surface area contributed by atoms with E-state index < -0.39 is 6.36 Å². The molecule has 1 heterocycles. The zero-order chi connectivity index (χ0) is 25.2. The van der Waals surface area contributed by atoms with Crippen molar-refractivity contribution < 1.29 is 32.2 Å². The zero-order valence-electron chi connectivity index (χ0n) is 19.8. The highest BCUT2D eigenvalue weighted by atomic mass is 19.4. The lowest BCUT2D eigenvalue weighted by Crippen LogP contribution is -2.19. The third-order valence-electron chi connectivity index (χ3n) is 6.27. The van der Waals surface area contributed by atoms with Crippen LogP contribution in [0.4, 0.5) is 24.8 Å². The maximum absolute atomic E-state index is 12.5. The summed E-state index contributed by atoms with van der Waals surface area (Å²) in [7, 11) is 2.88. The molecule has 0 radical (unpaired) electrons. The zero-order valence-corrected chi connectivity index (χ0v) is 19.8. The topological polar surface area (TPSA) is 74.6 Å². The number of fused-ring (bicyclic) bond motifs is 1. The van der Waals surface area contributed by atoms with Gasteiger partial charge in [0.2, 0.25) is 5.95 Å². The molecule has 0 saturated heterocycles. The number of hydrogen-bond donors (Lipinski definition) is 1. The normalized spacial score (nSPS) is 18.3. The molecule has 2 unspecified atom stereocenters. The summed E-state index contributed by atoms with van der Waals surface area (Å²) in [5.74, 6) is 1.00. The van der Waals surface area contributed by atoms with E-state index in [9.17, 15) is 18.0 Å². The number of aromatic nitrogens is 2. The molecule has 1 aliphatic carbocycles. The van der Waals surface area contributed by atoms with Crippen LogP contribution >= 0.6 is 0 Å². The van der Waals surface area contributed by atoms with Crippen molar-refractivity contribution >= 4 is 28.6 Å². The highest BCUT2D eigenvalue weighted by Crippen LogP contribution is 2.39. The summed E-state index contributed by atoms with van der Waals surface area (Å²) in [5.41, 5.74) is 2.77. The lowest BCUT2D eigenvalue weighted by atomic mass is 9.87. The van der Waals surface area contributed by atoms with Crippen LogP contribution < -0.4 is 14.8 Å². The van der Waals surface area contributed by atoms with Gasteiger partial charge < -0.3 is 24.1 Å². The predicted molar refractivity (Wildman–Crippen MR) is 125 cm³/mol. The Labute approximate surface area is 201 Å². The van der Waals surface area contributed by atoms with Gasteiger partial charge in [0, 0.05) is 23.4 Å². The van der Waals surface area contributed by atoms with Gasteiger partial charge in [-0.2, -0.15) is 0 Å². The van der Waals surface area contributed by atoms with Crippen LogP contribution in [-0.4, -0.2) is 36.1 Å². The largest absolute Gasteiger partial charge is 0.573 e. The first kappa shape index (κ1) is 24.7. The second kappa shape index (κ2) is 10.1. The van der Waals surface area contributed by atoms with E-state index in [0.717, 1.165) is 24.8 Å². The smallest absolute Gasteiger partial charge is 0.496 e. The number of anilines is 2. The van der Waals surface area contributed by atoms with Gasteiger partial charge in [-0.25, -0.2) is 4.98 Å². The Kier molecular flexibility index (Phi) is 7.09. The molecule has 1 aromatic heterocycles. The Morgan fingerprint density at radius 1 is 1.17 bits per heavy atom. The molecular weight excluding hydrogens is 463 g/mol. The van der Waals surface area contributed by atoms with Crippen molar-refractivity contribution in [2.45, 2.75) is 51.4 Å². The third-order valence-corrected chi connectivity index (χ3v) is 6.27. The molecule has 0 bridgehead atoms. The number of carbonyl (C=O) groups is 1. The second-order valence-electron chi connectivity index (χ2n) is 8.83. The van der Waals surface area contributed by atoms with Crippen LogP contribution in [0.1, 0.15) is 44.2 Å². The van der Waals surface area contributed by atoms with E-state index in [2.05, 4.69) is 21.5 Å². The highest BCUT2D eigenvalue weighted by Gasteiger charge is 2.31. The van der Waals surface area contributed by atoms with Gasteiger partial charge in [-0.1, -0.05) is 19.8 Å². The summed E-state index contributed by atoms with van der Waals surface area (Å²) in [4.78, 5) is 16.7. The Bertz CT molecular complexity index is 1190. The van der Waals surface area contributed by atoms with E-state index in [1.165, 1.54) is 37.8 Å². The van der Waals surface area contributed by atoms with Crippen LogP contribution in [0.5, 0.6) is 11.5 Å². The Morgan fingerprint density at radius 2 is 1.91 bits per heavy atom. The molecule has 2 aromatic carbocycles. The number of benzene rings is 2. The molecule has 3 aromatic rings. The van der Waals surface area contributed by atoms with Crippen LogP contribution in [0.2, 0.25) is 0 Å². The number of halogens is 3. The van der Waals surface area contributed by atoms with Crippen LogP contribution in [0.25, 0.3) is 11.0 Å². The second-order valence-corrected chi connectivity index (χ2v) is 8.83. The van der Waals surface area contributed by atoms with E-state index in [1.807, 2.05) is 12.1 Å². The summed E-state index contributed by atoms with van der Waals surface area (Å²) in [6.45, 7) is 2.23. The van der Waals surface area contributed by atoms with Crippen LogP contribution in [0.3, 0.4) is 0 Å². The maximum atomic E-state index is 12.5. The average Bonchev–Trinajstić information content (AvgIpc) is 3.15. The van der Waals surface area contributed by atoms with Gasteiger partial charge >= 0.3 is 12.3 Å². The molecule has 188 valence electrons. The van der Waals surface area contributed by atoms with Gasteiger partial charge in [-0.15, -0.1) is 13.2 Å². The molecule has 0 spiro atoms. The maximum Gasteiger partial charge on any atom is 0.573 e. The molecular formula is C25H28F3N3O4. The fraction of sp³-hybridized carbons (Fsp3) is 0.440. The molecule has 1 saturated carbocycles. The van der Waals surface area contributed by atoms with Crippen molar-refractivity contribution in [1.82, 2.24) is 9.55 Å². The summed E-state index contributed by atoms with van der Waals surface area (Å²) in [5, 5.41) is 3.26. The molecule has 2 atom stereocenters. The number of rotatable bonds is 7. The van der Waals surface area contributed by atoms with Gasteiger partial charge in [0.15, 0.2) is 0 Å². The van der Waals surface area contributed by atoms with Crippen molar-refractivity contribution in [2.75, 3.05) is 19.5 Å². The number of alkyl halides is 3. The number of methoxy groups -OCH3 is 2. The van der Waals surface area contributed by atoms with Crippen molar-refractivity contribution in [2.24, 2.45) is 5.92 Å². The number of ether oxygens (including phenoxy) is 3. The predicted octanol–water partition coefficient (Wildman–Crippen LogP) is 6.15. The van der Waals surface area contributed by atoms with Gasteiger partial charge in [0.05, 0.1) is 31.7 Å². The molecule has 0 amide bonds. The standard InChI is InChI=1S/C25H28F3N3O4/c1-15-5-4-6-18(11-15)31-21-14-22(33-2)16(13-23(32)34-3)12-20(21)30-24(31)29-17-7-9-19(10-8-17)35-25(26,27)28/h7-10,12,14-15,18H,4-6,11,13H2,1-3H3,(H,29,30). The summed E-state index contributed by atoms with van der Waals surface area (Å²) in [6, 6.07) is 9.42. The third kappa shape index (κ3) is 5.80. The van der Waals surface area contributed by atoms with Crippen LogP contribution in [0.15, 0.2) is 36.4 Å². The number of imidazole rings is 1. The Hall–Kier alpha value is -3.43. The van der Waals surface area contributed by atoms with E-state index in [4.69, 9.17) is 14.5 Å². The number of esters is 1. The first-order valence-electron chi connectivity index (χ1n) is 11.5. The van der Waals surface area contributed by atoms with E-state index in [0.29, 0.717) is 34.4 Å². The van der Waals surface area contributed by atoms with Gasteiger partial charge in [-0.05, 0) is 49.1 Å². The van der Waals surface area contributed by atoms with Crippen molar-refractivity contribution in [3.8, 4) is 11.5 Å². The molecule has 4 rings (SSSR count). The van der Waals surface area contributed by atoms with Crippen molar-refractivity contribution in [3.63, 3.8) is 0 Å². The quantitative estimate of drug-likeness (QED) is 0.400. The van der Waals surface area contributed by atoms with Crippen LogP contribution in [-0.2, 0) is 16.0 Å². The van der Waals surface area contributed by atoms with Crippen molar-refractivity contribution in [1.29, 1.82) is 0 Å². The van der Waals surface area contributed by atoms with E-state index in [-0.39, 0.29) is 24.2 Å². The minimum Gasteiger partial charge on any atom is -0.496 e. The highest BCUT2D eigenvalue weighted by molar-refractivity contribution is 5.84. The Morgan fingerprint density at radius 3 is 2.54 bits per heavy atom. The number of nitrogens with zero attached hydrogens (tertiary/aromatic N) is 2. The molecule has 1 fully saturated rings. The summed E-state index contributed by atoms with van der Waals surface area (Å²) < 4.78 is 54.0. The summed E-state index contributed by atoms with van der Waals surface area (Å²) in [6.07, 6.45) is -0.487. The van der Waals surface area contributed by atoms with Crippen LogP contribution in [0, 0.1) is 5.92 Å². The summed E-state index contributed by atoms with van der Waals surface area (Å²) >= 11 is 0. The molecule has 10 heteroatoms. The minimum atomic E-state index is -4.75. The van der Waals surface area contributed by atoms with Gasteiger partial charge in [-0.3, -0.25) is 4.79 Å². The molecule has 35 heavy (non-hydrogen) atoms. The molecule has 1 aliphatic rings. The lowest BCUT2D eigenvalue weighted by molar-refractivity contribution is -0.274. The van der Waals surface area contributed by atoms with E-state index in [1.54, 1.807) is 7.11 Å². The Balaban J connectivity index is 1.74. The SMILES string of the molecule is COC(=O)Cc1cc2nc(Nc3ccc(OC(F)(F)F)cc3)n(C3CCCC(C)C3)c2cc1OC. The number of nitrogens with one attached hydrogen (secondary N) is 1. The van der Waals surface area contributed by atoms with Crippen molar-refractivity contribution in [3.05, 3.63) is 42.0 Å². The van der Waals surface area contributed by atoms with Gasteiger partial charge in [0.1, 0.15) is 11.5 Å². The van der Waals surface area contributed by atoms with E-state index >= 15 is 0 Å². The monoisotopic (exact) mass is 491 g/mol. The molecule has 1 N–H and O–H groups in total. The first-order valence-corrected chi connectivity index (χ1v) is 11.5.